The normalized spacial score (nSPS) is 15.4. The number of hydrogen-bond acceptors (Lipinski definition) is 13. The van der Waals surface area contributed by atoms with Gasteiger partial charge >= 0.3 is 5.97 Å². The fraction of sp³-hybridized carbons (Fsp3) is 0.688. The summed E-state index contributed by atoms with van der Waals surface area (Å²) >= 11 is 0. The van der Waals surface area contributed by atoms with Gasteiger partial charge < -0.3 is 69.7 Å². The van der Waals surface area contributed by atoms with Gasteiger partial charge in [-0.2, -0.15) is 0 Å². The summed E-state index contributed by atoms with van der Waals surface area (Å²) in [6.07, 6.45) is -2.97. The van der Waals surface area contributed by atoms with Crippen LogP contribution in [0, 0.1) is 11.8 Å². The Morgan fingerprint density at radius 3 is 1.47 bits per heavy atom. The Hall–Kier alpha value is -5.42. The molecule has 0 unspecified atom stereocenters. The Morgan fingerprint density at radius 2 is 1.02 bits per heavy atom. The third-order valence-corrected chi connectivity index (χ3v) is 7.85. The number of carbonyl (C=O) groups excluding carboxylic acids is 9. The van der Waals surface area contributed by atoms with Crippen molar-refractivity contribution in [2.75, 3.05) is 13.2 Å². The van der Waals surface area contributed by atoms with Crippen LogP contribution in [0.1, 0.15) is 67.2 Å². The lowest BCUT2D eigenvalue weighted by molar-refractivity contribution is -0.139. The molecule has 312 valence electrons. The Balaban J connectivity index is 5.65. The van der Waals surface area contributed by atoms with E-state index in [4.69, 9.17) is 22.3 Å². The van der Waals surface area contributed by atoms with E-state index in [0.29, 0.717) is 0 Å². The maximum absolute atomic E-state index is 13.2. The first-order valence-electron chi connectivity index (χ1n) is 17.4. The van der Waals surface area contributed by atoms with Gasteiger partial charge in [0.2, 0.25) is 53.2 Å². The van der Waals surface area contributed by atoms with Crippen LogP contribution in [0.2, 0.25) is 0 Å². The van der Waals surface area contributed by atoms with Crippen LogP contribution in [-0.2, 0) is 47.9 Å². The van der Waals surface area contributed by atoms with Crippen molar-refractivity contribution in [1.82, 2.24) is 37.2 Å². The number of aliphatic carboxylic acids is 1. The zero-order valence-corrected chi connectivity index (χ0v) is 31.7. The van der Waals surface area contributed by atoms with E-state index in [2.05, 4.69) is 37.2 Å². The summed E-state index contributed by atoms with van der Waals surface area (Å²) in [5.74, 6) is -10.8. The molecule has 16 N–H and O–H groups in total. The molecule has 0 spiro atoms. The highest BCUT2D eigenvalue weighted by molar-refractivity contribution is 5.97. The van der Waals surface area contributed by atoms with Crippen molar-refractivity contribution in [3.63, 3.8) is 0 Å². The molecule has 0 aromatic rings. The summed E-state index contributed by atoms with van der Waals surface area (Å²) in [4.78, 5) is 124. The minimum absolute atomic E-state index is 0.232. The van der Waals surface area contributed by atoms with E-state index in [1.807, 2.05) is 0 Å². The molecule has 0 aliphatic heterocycles. The lowest BCUT2D eigenvalue weighted by Crippen LogP contribution is -2.61. The Labute approximate surface area is 317 Å². The second-order valence-corrected chi connectivity index (χ2v) is 13.5. The van der Waals surface area contributed by atoms with Gasteiger partial charge in [0.15, 0.2) is 0 Å². The third kappa shape index (κ3) is 18.5. The molecule has 0 aromatic heterocycles. The number of amides is 9. The average molecular weight is 789 g/mol. The smallest absolute Gasteiger partial charge is 0.303 e. The van der Waals surface area contributed by atoms with Crippen LogP contribution >= 0.6 is 0 Å². The largest absolute Gasteiger partial charge is 0.481 e. The van der Waals surface area contributed by atoms with E-state index in [0.717, 1.165) is 6.92 Å². The number of carboxylic acids is 1. The maximum atomic E-state index is 13.2. The monoisotopic (exact) mass is 788 g/mol. The summed E-state index contributed by atoms with van der Waals surface area (Å²) in [5, 5.41) is 45.2. The summed E-state index contributed by atoms with van der Waals surface area (Å²) < 4.78 is 0. The van der Waals surface area contributed by atoms with Crippen molar-refractivity contribution in [2.24, 2.45) is 29.0 Å². The summed E-state index contributed by atoms with van der Waals surface area (Å²) in [5.41, 5.74) is 15.8. The quantitative estimate of drug-likeness (QED) is 0.0409. The van der Waals surface area contributed by atoms with Crippen molar-refractivity contribution in [2.45, 2.75) is 116 Å². The zero-order chi connectivity index (χ0) is 42.7. The molecular formula is C32H56N10O13. The molecule has 0 aromatic carbocycles. The molecule has 0 heterocycles. The molecular weight excluding hydrogens is 732 g/mol. The number of hydrogen-bond donors (Lipinski definition) is 13. The molecule has 0 fully saturated rings. The average Bonchev–Trinajstić information content (AvgIpc) is 3.08. The highest BCUT2D eigenvalue weighted by Gasteiger charge is 2.35. The van der Waals surface area contributed by atoms with E-state index in [1.54, 1.807) is 27.7 Å². The molecule has 8 atom stereocenters. The van der Waals surface area contributed by atoms with Crippen LogP contribution in [0.3, 0.4) is 0 Å². The van der Waals surface area contributed by atoms with Gasteiger partial charge in [-0.25, -0.2) is 0 Å². The van der Waals surface area contributed by atoms with E-state index < -0.39 is 139 Å². The minimum atomic E-state index is -1.68. The molecule has 0 saturated heterocycles. The Bertz CT molecular complexity index is 1410. The first-order valence-corrected chi connectivity index (χ1v) is 17.4. The van der Waals surface area contributed by atoms with Gasteiger partial charge in [-0.1, -0.05) is 27.7 Å². The predicted octanol–water partition coefficient (Wildman–Crippen LogP) is -6.34. The fourth-order valence-electron chi connectivity index (χ4n) is 4.61. The molecule has 9 amide bonds. The van der Waals surface area contributed by atoms with Gasteiger partial charge in [-0.15, -0.1) is 0 Å². The van der Waals surface area contributed by atoms with Crippen LogP contribution in [0.15, 0.2) is 0 Å². The second kappa shape index (κ2) is 24.1. The number of aliphatic hydroxyl groups is 2. The van der Waals surface area contributed by atoms with Gasteiger partial charge in [-0.05, 0) is 38.5 Å². The molecule has 0 bridgehead atoms. The maximum Gasteiger partial charge on any atom is 0.303 e. The van der Waals surface area contributed by atoms with Crippen LogP contribution in [0.25, 0.3) is 0 Å². The van der Waals surface area contributed by atoms with Crippen LogP contribution < -0.4 is 54.4 Å². The van der Waals surface area contributed by atoms with Crippen LogP contribution in [-0.4, -0.2) is 136 Å². The SMILES string of the molecule is CC(C)[C@H](NC(=O)CNC(=O)[C@@H](NC(=O)[C@@H](NC(=O)[C@H](CCC(=O)O)NC(=O)[C@@H](C)N)[C@@H](C)O)C(C)C)C(=O)N[C@@H](CO)C(=O)N[C@@H](CCC(N)=O)C(N)=O. The topological polar surface area (TPSA) is 394 Å². The lowest BCUT2D eigenvalue weighted by atomic mass is 10.0. The highest BCUT2D eigenvalue weighted by Crippen LogP contribution is 2.07. The molecule has 0 radical (unpaired) electrons. The molecule has 55 heavy (non-hydrogen) atoms. The van der Waals surface area contributed by atoms with Crippen molar-refractivity contribution >= 4 is 59.1 Å². The molecule has 0 aliphatic carbocycles. The summed E-state index contributed by atoms with van der Waals surface area (Å²) in [6, 6.07) is -9.76. The molecule has 0 aliphatic rings. The molecule has 0 rings (SSSR count). The van der Waals surface area contributed by atoms with Crippen molar-refractivity contribution in [3.8, 4) is 0 Å². The summed E-state index contributed by atoms with van der Waals surface area (Å²) in [7, 11) is 0. The third-order valence-electron chi connectivity index (χ3n) is 7.85. The van der Waals surface area contributed by atoms with E-state index >= 15 is 0 Å². The zero-order valence-electron chi connectivity index (χ0n) is 31.7. The van der Waals surface area contributed by atoms with Gasteiger partial charge in [0.05, 0.1) is 25.3 Å². The Morgan fingerprint density at radius 1 is 0.564 bits per heavy atom. The van der Waals surface area contributed by atoms with Gasteiger partial charge in [0, 0.05) is 12.8 Å². The van der Waals surface area contributed by atoms with Gasteiger partial charge in [0.1, 0.15) is 36.3 Å². The molecule has 23 nitrogen and oxygen atoms in total. The van der Waals surface area contributed by atoms with Crippen molar-refractivity contribution < 1.29 is 63.3 Å². The minimum Gasteiger partial charge on any atom is -0.481 e. The Kier molecular flexibility index (Phi) is 21.7. The van der Waals surface area contributed by atoms with E-state index in [9.17, 15) is 58.2 Å². The number of rotatable bonds is 25. The van der Waals surface area contributed by atoms with Gasteiger partial charge in [-0.3, -0.25) is 47.9 Å². The molecule has 0 saturated carbocycles. The van der Waals surface area contributed by atoms with Crippen LogP contribution in [0.4, 0.5) is 0 Å². The first-order chi connectivity index (χ1) is 25.4. The van der Waals surface area contributed by atoms with Crippen molar-refractivity contribution in [1.29, 1.82) is 0 Å². The molecule has 23 heteroatoms. The number of carbonyl (C=O) groups is 10. The number of nitrogens with one attached hydrogen (secondary N) is 7. The van der Waals surface area contributed by atoms with E-state index in [-0.39, 0.29) is 19.3 Å². The van der Waals surface area contributed by atoms with E-state index in [1.165, 1.54) is 6.92 Å². The number of aliphatic hydroxyl groups excluding tert-OH is 2. The highest BCUT2D eigenvalue weighted by atomic mass is 16.4. The first kappa shape index (κ1) is 49.6. The van der Waals surface area contributed by atoms with Gasteiger partial charge in [0.25, 0.3) is 0 Å². The van der Waals surface area contributed by atoms with Crippen molar-refractivity contribution in [3.05, 3.63) is 0 Å². The number of primary amides is 2. The van der Waals surface area contributed by atoms with Crippen LogP contribution in [0.5, 0.6) is 0 Å². The standard InChI is InChI=1S/C32H56N10O13/c1-13(2)23(41-32(55)25(16(6)44)42-28(51)18(8-10-22(47)48)38-27(50)15(5)33)30(53)36-11-21(46)40-24(14(3)4)31(54)39-19(12-43)29(52)37-17(26(35)49)7-9-20(34)45/h13-19,23-25,43-44H,7-12,33H2,1-6H3,(H2,34,45)(H2,35,49)(H,36,53)(H,37,52)(H,38,50)(H,39,54)(H,40,46)(H,41,55)(H,42,51)(H,47,48)/t15-,16-,17+,18+,19+,23+,24+,25+/m1/s1. The summed E-state index contributed by atoms with van der Waals surface area (Å²) in [6.45, 7) is 7.04. The number of carboxylic acid groups (broad SMARTS) is 1. The fourth-order valence-corrected chi connectivity index (χ4v) is 4.61. The second-order valence-electron chi connectivity index (χ2n) is 13.5. The predicted molar refractivity (Wildman–Crippen MR) is 191 cm³/mol. The lowest BCUT2D eigenvalue weighted by Gasteiger charge is -2.28. The number of nitrogens with two attached hydrogens (primary N) is 3.